The van der Waals surface area contributed by atoms with Crippen molar-refractivity contribution in [2.75, 3.05) is 0 Å². The van der Waals surface area contributed by atoms with Crippen LogP contribution in [0.2, 0.25) is 0 Å². The molecule has 18 heavy (non-hydrogen) atoms. The molecule has 0 spiro atoms. The summed E-state index contributed by atoms with van der Waals surface area (Å²) in [7, 11) is -4.23. The molecule has 0 heterocycles. The first-order valence-corrected chi connectivity index (χ1v) is 7.76. The highest BCUT2D eigenvalue weighted by molar-refractivity contribution is 7.46. The Hall–Kier alpha value is -0.670. The lowest BCUT2D eigenvalue weighted by Crippen LogP contribution is -2.14. The van der Waals surface area contributed by atoms with E-state index in [1.165, 1.54) is 5.56 Å². The van der Waals surface area contributed by atoms with Crippen molar-refractivity contribution in [1.29, 1.82) is 0 Å². The number of hydrogen-bond acceptors (Lipinski definition) is 2. The van der Waals surface area contributed by atoms with Crippen LogP contribution < -0.4 is 0 Å². The maximum Gasteiger partial charge on any atom is 0.469 e. The molecule has 0 aromatic heterocycles. The summed E-state index contributed by atoms with van der Waals surface area (Å²) < 4.78 is 14.9. The third-order valence-electron chi connectivity index (χ3n) is 2.78. The van der Waals surface area contributed by atoms with Crippen molar-refractivity contribution < 1.29 is 18.9 Å². The van der Waals surface area contributed by atoms with Crippen molar-refractivity contribution in [1.82, 2.24) is 0 Å². The molecule has 1 aromatic carbocycles. The highest BCUT2D eigenvalue weighted by Gasteiger charge is 2.23. The third-order valence-corrected chi connectivity index (χ3v) is 3.35. The maximum absolute atomic E-state index is 10.4. The van der Waals surface area contributed by atoms with E-state index >= 15 is 0 Å². The molecule has 102 valence electrons. The second-order valence-electron chi connectivity index (χ2n) is 4.51. The molecule has 0 bridgehead atoms. The first kappa shape index (κ1) is 15.4. The molecule has 1 aliphatic carbocycles. The lowest BCUT2D eigenvalue weighted by molar-refractivity contribution is 0.104. The van der Waals surface area contributed by atoms with Crippen LogP contribution in [0.3, 0.4) is 0 Å². The highest BCUT2D eigenvalue weighted by atomic mass is 31.2. The van der Waals surface area contributed by atoms with E-state index in [0.29, 0.717) is 0 Å². The quantitative estimate of drug-likeness (QED) is 0.809. The number of hydrogen-bond donors (Lipinski definition) is 2. The molecule has 2 rings (SSSR count). The van der Waals surface area contributed by atoms with E-state index in [2.05, 4.69) is 23.6 Å². The standard InChI is InChI=1S/C7H8.C6H13O4P/c1-7-5-3-2-4-6-7;7-11(8,9)10-6-4-2-1-3-5-6/h2-6H,1H3;6H,1-5H2,(H2,7,8,9). The molecule has 1 saturated carbocycles. The zero-order valence-electron chi connectivity index (χ0n) is 10.7. The number of rotatable bonds is 2. The Kier molecular flexibility index (Phi) is 6.58. The Bertz CT molecular complexity index is 368. The van der Waals surface area contributed by atoms with Gasteiger partial charge in [0.25, 0.3) is 0 Å². The van der Waals surface area contributed by atoms with Crippen LogP contribution in [0.5, 0.6) is 0 Å². The van der Waals surface area contributed by atoms with Crippen LogP contribution >= 0.6 is 7.82 Å². The van der Waals surface area contributed by atoms with Gasteiger partial charge in [-0.25, -0.2) is 4.57 Å². The molecule has 0 saturated heterocycles. The highest BCUT2D eigenvalue weighted by Crippen LogP contribution is 2.40. The van der Waals surface area contributed by atoms with E-state index in [9.17, 15) is 4.57 Å². The van der Waals surface area contributed by atoms with Gasteiger partial charge in [-0.1, -0.05) is 55.2 Å². The molecule has 1 fully saturated rings. The van der Waals surface area contributed by atoms with Crippen molar-refractivity contribution in [3.05, 3.63) is 35.9 Å². The van der Waals surface area contributed by atoms with Gasteiger partial charge in [0.15, 0.2) is 0 Å². The van der Waals surface area contributed by atoms with Crippen molar-refractivity contribution in [3.63, 3.8) is 0 Å². The van der Waals surface area contributed by atoms with Crippen molar-refractivity contribution >= 4 is 7.82 Å². The Balaban J connectivity index is 0.000000199. The van der Waals surface area contributed by atoms with Crippen LogP contribution in [-0.4, -0.2) is 15.9 Å². The van der Waals surface area contributed by atoms with Gasteiger partial charge in [0.2, 0.25) is 0 Å². The SMILES string of the molecule is Cc1ccccc1.O=P(O)(O)OC1CCCCC1. The molecule has 5 heteroatoms. The zero-order valence-corrected chi connectivity index (χ0v) is 11.6. The first-order valence-electron chi connectivity index (χ1n) is 6.23. The monoisotopic (exact) mass is 272 g/mol. The van der Waals surface area contributed by atoms with Gasteiger partial charge in [-0.05, 0) is 19.8 Å². The number of aryl methyl sites for hydroxylation is 1. The molecule has 1 aromatic rings. The van der Waals surface area contributed by atoms with E-state index in [-0.39, 0.29) is 6.10 Å². The van der Waals surface area contributed by atoms with Gasteiger partial charge in [-0.2, -0.15) is 0 Å². The van der Waals surface area contributed by atoms with Gasteiger partial charge < -0.3 is 9.79 Å². The summed E-state index contributed by atoms with van der Waals surface area (Å²) in [5.74, 6) is 0. The molecule has 0 aliphatic heterocycles. The summed E-state index contributed by atoms with van der Waals surface area (Å²) in [5.41, 5.74) is 1.32. The lowest BCUT2D eigenvalue weighted by Gasteiger charge is -2.21. The molecule has 4 nitrogen and oxygen atoms in total. The minimum atomic E-state index is -4.23. The van der Waals surface area contributed by atoms with Gasteiger partial charge in [-0.15, -0.1) is 0 Å². The summed E-state index contributed by atoms with van der Waals surface area (Å²) in [6, 6.07) is 10.3. The smallest absolute Gasteiger partial charge is 0.303 e. The van der Waals surface area contributed by atoms with Crippen LogP contribution in [0.25, 0.3) is 0 Å². The Labute approximate surface area is 108 Å². The largest absolute Gasteiger partial charge is 0.469 e. The first-order chi connectivity index (χ1) is 8.47. The minimum Gasteiger partial charge on any atom is -0.303 e. The Morgan fingerprint density at radius 1 is 1.11 bits per heavy atom. The minimum absolute atomic E-state index is 0.218. The second kappa shape index (κ2) is 7.70. The molecule has 0 radical (unpaired) electrons. The molecule has 0 amide bonds. The van der Waals surface area contributed by atoms with Crippen LogP contribution in [0, 0.1) is 6.92 Å². The topological polar surface area (TPSA) is 66.8 Å². The normalized spacial score (nSPS) is 16.8. The molecule has 2 N–H and O–H groups in total. The van der Waals surface area contributed by atoms with E-state index in [4.69, 9.17) is 9.79 Å². The predicted octanol–water partition coefficient (Wildman–Crippen LogP) is 3.42. The fourth-order valence-corrected chi connectivity index (χ4v) is 2.50. The summed E-state index contributed by atoms with van der Waals surface area (Å²) >= 11 is 0. The van der Waals surface area contributed by atoms with E-state index in [0.717, 1.165) is 32.1 Å². The Morgan fingerprint density at radius 2 is 1.67 bits per heavy atom. The molecule has 1 aliphatic rings. The van der Waals surface area contributed by atoms with E-state index < -0.39 is 7.82 Å². The maximum atomic E-state index is 10.4. The second-order valence-corrected chi connectivity index (χ2v) is 5.70. The average Bonchev–Trinajstić information content (AvgIpc) is 2.30. The predicted molar refractivity (Wildman–Crippen MR) is 71.2 cm³/mol. The zero-order chi connectivity index (χ0) is 13.4. The lowest BCUT2D eigenvalue weighted by atomic mass is 9.98. The van der Waals surface area contributed by atoms with Crippen LogP contribution in [-0.2, 0) is 9.09 Å². The summed E-state index contributed by atoms with van der Waals surface area (Å²) in [6.45, 7) is 2.08. The van der Waals surface area contributed by atoms with Crippen LogP contribution in [0.15, 0.2) is 30.3 Å². The van der Waals surface area contributed by atoms with Crippen LogP contribution in [0.1, 0.15) is 37.7 Å². The van der Waals surface area contributed by atoms with Gasteiger partial charge in [0, 0.05) is 0 Å². The average molecular weight is 272 g/mol. The fraction of sp³-hybridized carbons (Fsp3) is 0.538. The number of phosphoric ester groups is 1. The summed E-state index contributed by atoms with van der Waals surface area (Å²) in [5, 5.41) is 0. The fourth-order valence-electron chi connectivity index (χ4n) is 1.90. The Morgan fingerprint density at radius 3 is 2.06 bits per heavy atom. The number of phosphoric acid groups is 1. The van der Waals surface area contributed by atoms with E-state index in [1.54, 1.807) is 0 Å². The van der Waals surface area contributed by atoms with Crippen molar-refractivity contribution in [3.8, 4) is 0 Å². The van der Waals surface area contributed by atoms with Crippen LogP contribution in [0.4, 0.5) is 0 Å². The summed E-state index contributed by atoms with van der Waals surface area (Å²) in [4.78, 5) is 16.9. The van der Waals surface area contributed by atoms with E-state index in [1.807, 2.05) is 18.2 Å². The van der Waals surface area contributed by atoms with Gasteiger partial charge >= 0.3 is 7.82 Å². The molecule has 0 unspecified atom stereocenters. The molecular formula is C13H21O4P. The van der Waals surface area contributed by atoms with Gasteiger partial charge in [0.1, 0.15) is 0 Å². The number of benzene rings is 1. The molecular weight excluding hydrogens is 251 g/mol. The van der Waals surface area contributed by atoms with Gasteiger partial charge in [-0.3, -0.25) is 4.52 Å². The third kappa shape index (κ3) is 7.62. The molecule has 0 atom stereocenters. The van der Waals surface area contributed by atoms with Gasteiger partial charge in [0.05, 0.1) is 6.10 Å². The van der Waals surface area contributed by atoms with Crippen molar-refractivity contribution in [2.24, 2.45) is 0 Å². The van der Waals surface area contributed by atoms with Crippen molar-refractivity contribution in [2.45, 2.75) is 45.1 Å². The summed E-state index contributed by atoms with van der Waals surface area (Å²) in [6.07, 6.45) is 4.54.